The van der Waals surface area contributed by atoms with Crippen LogP contribution in [0.1, 0.15) is 24.1 Å². The van der Waals surface area contributed by atoms with Crippen molar-refractivity contribution in [2.45, 2.75) is 13.0 Å². The van der Waals surface area contributed by atoms with E-state index in [0.29, 0.717) is 5.69 Å². The molecule has 0 amide bonds. The Morgan fingerprint density at radius 2 is 2.05 bits per heavy atom. The highest BCUT2D eigenvalue weighted by molar-refractivity contribution is 5.59. The van der Waals surface area contributed by atoms with E-state index in [9.17, 15) is 10.1 Å². The van der Waals surface area contributed by atoms with Crippen molar-refractivity contribution in [2.24, 2.45) is 0 Å². The molecule has 1 atom stereocenters. The molecule has 2 rings (SSSR count). The second-order valence-corrected chi connectivity index (χ2v) is 4.25. The zero-order valence-electron chi connectivity index (χ0n) is 10.8. The van der Waals surface area contributed by atoms with Gasteiger partial charge in [-0.1, -0.05) is 0 Å². The van der Waals surface area contributed by atoms with E-state index in [2.05, 4.69) is 10.3 Å². The average molecular weight is 268 g/mol. The number of pyridine rings is 1. The topological polar surface area (TPSA) is 91.9 Å². The lowest BCUT2D eigenvalue weighted by Crippen LogP contribution is -2.07. The van der Waals surface area contributed by atoms with Gasteiger partial charge in [-0.25, -0.2) is 0 Å². The number of rotatable bonds is 4. The first-order chi connectivity index (χ1) is 9.61. The average Bonchev–Trinajstić information content (AvgIpc) is 2.47. The maximum absolute atomic E-state index is 10.8. The molecule has 0 aliphatic rings. The predicted molar refractivity (Wildman–Crippen MR) is 74.1 cm³/mol. The Morgan fingerprint density at radius 1 is 1.35 bits per heavy atom. The van der Waals surface area contributed by atoms with E-state index in [1.54, 1.807) is 18.5 Å². The van der Waals surface area contributed by atoms with Crippen LogP contribution in [0.15, 0.2) is 42.7 Å². The SMILES string of the molecule is CC(Nc1ccc([N+](=O)[O-])c(C#N)c1)c1ccncc1. The van der Waals surface area contributed by atoms with E-state index in [4.69, 9.17) is 5.26 Å². The van der Waals surface area contributed by atoms with Gasteiger partial charge in [-0.3, -0.25) is 15.1 Å². The molecule has 0 radical (unpaired) electrons. The zero-order valence-corrected chi connectivity index (χ0v) is 10.8. The number of aromatic nitrogens is 1. The van der Waals surface area contributed by atoms with Crippen molar-refractivity contribution in [2.75, 3.05) is 5.32 Å². The molecule has 6 heteroatoms. The quantitative estimate of drug-likeness (QED) is 0.679. The number of nitro benzene ring substituents is 1. The number of nitriles is 1. The number of hydrogen-bond acceptors (Lipinski definition) is 5. The first-order valence-electron chi connectivity index (χ1n) is 5.97. The lowest BCUT2D eigenvalue weighted by molar-refractivity contribution is -0.385. The number of anilines is 1. The molecule has 0 bridgehead atoms. The van der Waals surface area contributed by atoms with E-state index < -0.39 is 4.92 Å². The molecule has 100 valence electrons. The lowest BCUT2D eigenvalue weighted by atomic mass is 10.1. The molecule has 0 saturated carbocycles. The number of nitrogens with zero attached hydrogens (tertiary/aromatic N) is 3. The number of hydrogen-bond donors (Lipinski definition) is 1. The minimum absolute atomic E-state index is 0.00555. The largest absolute Gasteiger partial charge is 0.378 e. The summed E-state index contributed by atoms with van der Waals surface area (Å²) in [5.41, 5.74) is 1.56. The van der Waals surface area contributed by atoms with Gasteiger partial charge in [-0.15, -0.1) is 0 Å². The van der Waals surface area contributed by atoms with Crippen molar-refractivity contribution in [3.05, 3.63) is 64.0 Å². The molecule has 1 unspecified atom stereocenters. The highest BCUT2D eigenvalue weighted by Gasteiger charge is 2.14. The molecule has 0 aliphatic heterocycles. The third-order valence-corrected chi connectivity index (χ3v) is 2.90. The van der Waals surface area contributed by atoms with E-state index in [0.717, 1.165) is 5.56 Å². The molecule has 1 aromatic carbocycles. The van der Waals surface area contributed by atoms with Gasteiger partial charge in [0.2, 0.25) is 0 Å². The minimum Gasteiger partial charge on any atom is -0.378 e. The van der Waals surface area contributed by atoms with Gasteiger partial charge in [0.05, 0.1) is 4.92 Å². The van der Waals surface area contributed by atoms with E-state index in [-0.39, 0.29) is 17.3 Å². The van der Waals surface area contributed by atoms with Gasteiger partial charge in [0.25, 0.3) is 5.69 Å². The molecule has 6 nitrogen and oxygen atoms in total. The summed E-state index contributed by atoms with van der Waals surface area (Å²) < 4.78 is 0. The standard InChI is InChI=1S/C14H12N4O2/c1-10(11-4-6-16-7-5-11)17-13-2-3-14(18(19)20)12(8-13)9-15/h2-8,10,17H,1H3. The third kappa shape index (κ3) is 2.90. The summed E-state index contributed by atoms with van der Waals surface area (Å²) >= 11 is 0. The summed E-state index contributed by atoms with van der Waals surface area (Å²) in [5, 5.41) is 22.9. The van der Waals surface area contributed by atoms with Crippen LogP contribution in [-0.4, -0.2) is 9.91 Å². The molecule has 0 saturated heterocycles. The summed E-state index contributed by atoms with van der Waals surface area (Å²) in [7, 11) is 0. The predicted octanol–water partition coefficient (Wildman–Crippen LogP) is 3.03. The fourth-order valence-electron chi connectivity index (χ4n) is 1.86. The van der Waals surface area contributed by atoms with Crippen LogP contribution < -0.4 is 5.32 Å². The van der Waals surface area contributed by atoms with Crippen molar-refractivity contribution in [1.29, 1.82) is 5.26 Å². The Morgan fingerprint density at radius 3 is 2.65 bits per heavy atom. The van der Waals surface area contributed by atoms with Crippen LogP contribution in [0.4, 0.5) is 11.4 Å². The van der Waals surface area contributed by atoms with Crippen LogP contribution >= 0.6 is 0 Å². The van der Waals surface area contributed by atoms with Crippen LogP contribution in [0.2, 0.25) is 0 Å². The van der Waals surface area contributed by atoms with Crippen molar-refractivity contribution in [3.63, 3.8) is 0 Å². The minimum atomic E-state index is -0.561. The Hall–Kier alpha value is -2.94. The molecule has 1 aromatic heterocycles. The molecule has 0 spiro atoms. The molecule has 0 aliphatic carbocycles. The van der Waals surface area contributed by atoms with Gasteiger partial charge in [-0.2, -0.15) is 5.26 Å². The van der Waals surface area contributed by atoms with Crippen molar-refractivity contribution in [3.8, 4) is 6.07 Å². The summed E-state index contributed by atoms with van der Waals surface area (Å²) in [4.78, 5) is 14.1. The number of benzene rings is 1. The van der Waals surface area contributed by atoms with Gasteiger partial charge >= 0.3 is 0 Å². The van der Waals surface area contributed by atoms with E-state index in [1.165, 1.54) is 12.1 Å². The normalized spacial score (nSPS) is 11.4. The summed E-state index contributed by atoms with van der Waals surface area (Å²) in [6.07, 6.45) is 3.40. The Balaban J connectivity index is 2.23. The highest BCUT2D eigenvalue weighted by atomic mass is 16.6. The Bertz CT molecular complexity index is 665. The number of nitrogens with one attached hydrogen (secondary N) is 1. The fraction of sp³-hybridized carbons (Fsp3) is 0.143. The Labute approximate surface area is 115 Å². The fourth-order valence-corrected chi connectivity index (χ4v) is 1.86. The second kappa shape index (κ2) is 5.80. The van der Waals surface area contributed by atoms with Crippen LogP contribution in [0.5, 0.6) is 0 Å². The molecular weight excluding hydrogens is 256 g/mol. The van der Waals surface area contributed by atoms with Crippen LogP contribution in [0.3, 0.4) is 0 Å². The maximum Gasteiger partial charge on any atom is 0.287 e. The first kappa shape index (κ1) is 13.5. The van der Waals surface area contributed by atoms with Gasteiger partial charge in [0, 0.05) is 30.2 Å². The van der Waals surface area contributed by atoms with Crippen molar-refractivity contribution >= 4 is 11.4 Å². The molecule has 0 fully saturated rings. The smallest absolute Gasteiger partial charge is 0.287 e. The first-order valence-corrected chi connectivity index (χ1v) is 5.97. The van der Waals surface area contributed by atoms with Gasteiger partial charge in [0.15, 0.2) is 0 Å². The van der Waals surface area contributed by atoms with Gasteiger partial charge in [-0.05, 0) is 36.8 Å². The maximum atomic E-state index is 10.8. The molecule has 1 N–H and O–H groups in total. The third-order valence-electron chi connectivity index (χ3n) is 2.90. The monoisotopic (exact) mass is 268 g/mol. The van der Waals surface area contributed by atoms with Crippen LogP contribution in [-0.2, 0) is 0 Å². The summed E-state index contributed by atoms with van der Waals surface area (Å²) in [5.74, 6) is 0. The highest BCUT2D eigenvalue weighted by Crippen LogP contribution is 2.24. The van der Waals surface area contributed by atoms with Gasteiger partial charge < -0.3 is 5.32 Å². The molecular formula is C14H12N4O2. The summed E-state index contributed by atoms with van der Waals surface area (Å²) in [6.45, 7) is 1.96. The Kier molecular flexibility index (Phi) is 3.91. The van der Waals surface area contributed by atoms with Crippen molar-refractivity contribution in [1.82, 2.24) is 4.98 Å². The molecule has 1 heterocycles. The molecule has 2 aromatic rings. The number of nitro groups is 1. The summed E-state index contributed by atoms with van der Waals surface area (Å²) in [6, 6.07) is 10.0. The van der Waals surface area contributed by atoms with Crippen molar-refractivity contribution < 1.29 is 4.92 Å². The molecule has 20 heavy (non-hydrogen) atoms. The van der Waals surface area contributed by atoms with Gasteiger partial charge in [0.1, 0.15) is 11.6 Å². The zero-order chi connectivity index (χ0) is 14.5. The van der Waals surface area contributed by atoms with Crippen LogP contribution in [0.25, 0.3) is 0 Å². The van der Waals surface area contributed by atoms with E-state index >= 15 is 0 Å². The van der Waals surface area contributed by atoms with E-state index in [1.807, 2.05) is 25.1 Å². The van der Waals surface area contributed by atoms with Crippen LogP contribution in [0, 0.1) is 21.4 Å². The second-order valence-electron chi connectivity index (χ2n) is 4.25. The lowest BCUT2D eigenvalue weighted by Gasteiger charge is -2.15.